The summed E-state index contributed by atoms with van der Waals surface area (Å²) < 4.78 is 0. The Morgan fingerprint density at radius 2 is 1.88 bits per heavy atom. The highest BCUT2D eigenvalue weighted by Gasteiger charge is 2.40. The summed E-state index contributed by atoms with van der Waals surface area (Å²) in [5, 5.41) is 14.4. The molecule has 1 heterocycles. The van der Waals surface area contributed by atoms with E-state index in [-0.39, 0.29) is 24.3 Å². The van der Waals surface area contributed by atoms with Gasteiger partial charge in [-0.05, 0) is 68.5 Å². The Kier molecular flexibility index (Phi) is 9.59. The van der Waals surface area contributed by atoms with Crippen molar-refractivity contribution in [1.82, 2.24) is 10.2 Å². The highest BCUT2D eigenvalue weighted by atomic mass is 16.3. The molecule has 6 N–H and O–H groups in total. The predicted molar refractivity (Wildman–Crippen MR) is 134 cm³/mol. The molecule has 1 aliphatic carbocycles. The van der Waals surface area contributed by atoms with Crippen LogP contribution in [0, 0.1) is 17.8 Å². The molecule has 184 valence electrons. The quantitative estimate of drug-likeness (QED) is 0.186. The molecule has 1 aromatic rings. The smallest absolute Gasteiger partial charge is 0.271 e. The maximum atomic E-state index is 13.9. The Bertz CT molecular complexity index is 780. The van der Waals surface area contributed by atoms with Crippen LogP contribution in [0.1, 0.15) is 58.8 Å². The molecular weight excluding hydrogens is 414 g/mol. The van der Waals surface area contributed by atoms with E-state index in [4.69, 9.17) is 11.6 Å². The van der Waals surface area contributed by atoms with E-state index in [9.17, 15) is 9.90 Å². The largest absolute Gasteiger partial charge is 0.396 e. The SMILES string of the molecule is CC(C)CN(C(=O)/C(N)=C(\CCCCO)N(N)c1ccccc1)C1CNCC2CCCCC21. The van der Waals surface area contributed by atoms with Gasteiger partial charge in [-0.2, -0.15) is 0 Å². The van der Waals surface area contributed by atoms with Gasteiger partial charge >= 0.3 is 0 Å². The number of nitrogens with two attached hydrogens (primary N) is 2. The van der Waals surface area contributed by atoms with Crippen LogP contribution in [0.15, 0.2) is 41.7 Å². The van der Waals surface area contributed by atoms with Crippen LogP contribution in [0.25, 0.3) is 0 Å². The molecule has 1 saturated heterocycles. The lowest BCUT2D eigenvalue weighted by Crippen LogP contribution is -2.58. The van der Waals surface area contributed by atoms with E-state index in [2.05, 4.69) is 19.2 Å². The standard InChI is InChI=1S/C26H43N5O2/c1-19(2)18-30(24-17-29-16-20-10-6-7-13-22(20)24)26(33)25(27)23(14-8-9-15-32)31(28)21-11-4-3-5-12-21/h3-5,11-12,19-20,22,24,29,32H,6-10,13-18,27-28H2,1-2H3/b25-23-. The molecule has 0 radical (unpaired) electrons. The molecule has 1 amide bonds. The lowest BCUT2D eigenvalue weighted by atomic mass is 9.72. The van der Waals surface area contributed by atoms with Crippen molar-refractivity contribution in [2.24, 2.45) is 29.3 Å². The number of hydrogen-bond acceptors (Lipinski definition) is 6. The zero-order valence-electron chi connectivity index (χ0n) is 20.4. The van der Waals surface area contributed by atoms with Crippen LogP contribution in [0.2, 0.25) is 0 Å². The van der Waals surface area contributed by atoms with Crippen LogP contribution in [-0.2, 0) is 4.79 Å². The normalized spacial score (nSPS) is 23.6. The third-order valence-electron chi connectivity index (χ3n) is 7.13. The number of rotatable bonds is 10. The van der Waals surface area contributed by atoms with Crippen LogP contribution < -0.4 is 21.9 Å². The molecule has 3 rings (SSSR count). The molecule has 0 bridgehead atoms. The number of piperidine rings is 1. The van der Waals surface area contributed by atoms with Gasteiger partial charge in [0.25, 0.3) is 5.91 Å². The first kappa shape index (κ1) is 25.5. The van der Waals surface area contributed by atoms with E-state index in [1.54, 1.807) is 5.01 Å². The third-order valence-corrected chi connectivity index (χ3v) is 7.13. The minimum absolute atomic E-state index is 0.104. The fourth-order valence-corrected chi connectivity index (χ4v) is 5.48. The molecule has 1 aliphatic heterocycles. The summed E-state index contributed by atoms with van der Waals surface area (Å²) >= 11 is 0. The Hall–Kier alpha value is -2.09. The van der Waals surface area contributed by atoms with Gasteiger partial charge in [0, 0.05) is 25.7 Å². The van der Waals surface area contributed by atoms with E-state index < -0.39 is 0 Å². The van der Waals surface area contributed by atoms with Crippen LogP contribution in [0.3, 0.4) is 0 Å². The van der Waals surface area contributed by atoms with Crippen molar-refractivity contribution in [2.45, 2.75) is 64.8 Å². The number of allylic oxidation sites excluding steroid dienone is 1. The average molecular weight is 458 g/mol. The van der Waals surface area contributed by atoms with Crippen LogP contribution in [0.5, 0.6) is 0 Å². The number of anilines is 1. The first-order chi connectivity index (χ1) is 15.9. The zero-order chi connectivity index (χ0) is 23.8. The average Bonchev–Trinajstić information content (AvgIpc) is 2.84. The fourth-order valence-electron chi connectivity index (χ4n) is 5.48. The molecule has 3 atom stereocenters. The molecule has 0 aromatic heterocycles. The topological polar surface area (TPSA) is 108 Å². The number of carbonyl (C=O) groups is 1. The van der Waals surface area contributed by atoms with E-state index >= 15 is 0 Å². The van der Waals surface area contributed by atoms with Gasteiger partial charge in [0.15, 0.2) is 0 Å². The number of para-hydroxylation sites is 1. The zero-order valence-corrected chi connectivity index (χ0v) is 20.4. The molecule has 7 heteroatoms. The summed E-state index contributed by atoms with van der Waals surface area (Å²) in [7, 11) is 0. The Morgan fingerprint density at radius 1 is 1.15 bits per heavy atom. The van der Waals surface area contributed by atoms with Crippen LogP contribution in [0.4, 0.5) is 5.69 Å². The first-order valence-electron chi connectivity index (χ1n) is 12.6. The maximum absolute atomic E-state index is 13.9. The highest BCUT2D eigenvalue weighted by molar-refractivity contribution is 5.94. The first-order valence-corrected chi connectivity index (χ1v) is 12.6. The monoisotopic (exact) mass is 457 g/mol. The second-order valence-corrected chi connectivity index (χ2v) is 10.0. The van der Waals surface area contributed by atoms with Gasteiger partial charge < -0.3 is 21.1 Å². The lowest BCUT2D eigenvalue weighted by Gasteiger charge is -2.47. The fraction of sp³-hybridized carbons (Fsp3) is 0.654. The number of carbonyl (C=O) groups excluding carboxylic acids is 1. The lowest BCUT2D eigenvalue weighted by molar-refractivity contribution is -0.133. The van der Waals surface area contributed by atoms with Crippen molar-refractivity contribution in [2.75, 3.05) is 31.3 Å². The maximum Gasteiger partial charge on any atom is 0.271 e. The number of fused-ring (bicyclic) bond motifs is 1. The van der Waals surface area contributed by atoms with Crippen molar-refractivity contribution in [3.05, 3.63) is 41.7 Å². The molecule has 1 aromatic carbocycles. The van der Waals surface area contributed by atoms with E-state index in [1.807, 2.05) is 35.2 Å². The second kappa shape index (κ2) is 12.4. The molecule has 0 spiro atoms. The van der Waals surface area contributed by atoms with Gasteiger partial charge in [-0.1, -0.05) is 44.9 Å². The molecular formula is C26H43N5O2. The predicted octanol–water partition coefficient (Wildman–Crippen LogP) is 2.96. The molecule has 2 aliphatic rings. The summed E-state index contributed by atoms with van der Waals surface area (Å²) in [6, 6.07) is 9.74. The summed E-state index contributed by atoms with van der Waals surface area (Å²) in [5.74, 6) is 7.87. The van der Waals surface area contributed by atoms with E-state index in [0.29, 0.717) is 49.3 Å². The van der Waals surface area contributed by atoms with Gasteiger partial charge in [-0.15, -0.1) is 0 Å². The molecule has 33 heavy (non-hydrogen) atoms. The van der Waals surface area contributed by atoms with Gasteiger partial charge in [-0.25, -0.2) is 5.84 Å². The Morgan fingerprint density at radius 3 is 2.58 bits per heavy atom. The number of amides is 1. The third kappa shape index (κ3) is 6.49. The number of aliphatic hydroxyl groups is 1. The molecule has 3 unspecified atom stereocenters. The van der Waals surface area contributed by atoms with Gasteiger partial charge in [0.05, 0.1) is 11.4 Å². The number of aliphatic hydroxyl groups excluding tert-OH is 1. The van der Waals surface area contributed by atoms with Gasteiger partial charge in [0.1, 0.15) is 5.70 Å². The van der Waals surface area contributed by atoms with E-state index in [0.717, 1.165) is 18.8 Å². The number of nitrogens with zero attached hydrogens (tertiary/aromatic N) is 2. The Labute approximate surface area is 199 Å². The van der Waals surface area contributed by atoms with Crippen molar-refractivity contribution in [3.8, 4) is 0 Å². The van der Waals surface area contributed by atoms with Crippen molar-refractivity contribution in [3.63, 3.8) is 0 Å². The van der Waals surface area contributed by atoms with Crippen molar-refractivity contribution >= 4 is 11.6 Å². The molecule has 1 saturated carbocycles. The molecule has 2 fully saturated rings. The minimum atomic E-state index is -0.118. The van der Waals surface area contributed by atoms with Crippen LogP contribution in [-0.4, -0.2) is 48.2 Å². The van der Waals surface area contributed by atoms with E-state index in [1.165, 1.54) is 25.7 Å². The second-order valence-electron chi connectivity index (χ2n) is 10.0. The Balaban J connectivity index is 1.93. The van der Waals surface area contributed by atoms with Gasteiger partial charge in [0.2, 0.25) is 0 Å². The van der Waals surface area contributed by atoms with Crippen molar-refractivity contribution < 1.29 is 9.90 Å². The summed E-state index contributed by atoms with van der Waals surface area (Å²) in [6.07, 6.45) is 6.82. The number of hydrogen-bond donors (Lipinski definition) is 4. The number of hydrazine groups is 1. The number of unbranched alkanes of at least 4 members (excludes halogenated alkanes) is 1. The number of nitrogens with one attached hydrogen (secondary N) is 1. The van der Waals surface area contributed by atoms with Gasteiger partial charge in [-0.3, -0.25) is 9.80 Å². The number of benzene rings is 1. The minimum Gasteiger partial charge on any atom is -0.396 e. The van der Waals surface area contributed by atoms with Crippen LogP contribution >= 0.6 is 0 Å². The summed E-state index contributed by atoms with van der Waals surface area (Å²) in [6.45, 7) is 6.94. The summed E-state index contributed by atoms with van der Waals surface area (Å²) in [5.41, 5.74) is 8.25. The van der Waals surface area contributed by atoms with Crippen molar-refractivity contribution in [1.29, 1.82) is 0 Å². The molecule has 7 nitrogen and oxygen atoms in total. The summed E-state index contributed by atoms with van der Waals surface area (Å²) in [4.78, 5) is 16.0. The highest BCUT2D eigenvalue weighted by Crippen LogP contribution is 2.36.